The SMILES string of the molecule is CCCCN(Cc1ccccc1)C(=O)C1CC[NH+](Cc2cccc(OC)c2O)CC1. The average molecular weight is 412 g/mol. The molecule has 2 aromatic rings. The van der Waals surface area contributed by atoms with E-state index in [1.54, 1.807) is 13.2 Å². The van der Waals surface area contributed by atoms with Crippen LogP contribution >= 0.6 is 0 Å². The van der Waals surface area contributed by atoms with Crippen molar-refractivity contribution < 1.29 is 19.5 Å². The first-order chi connectivity index (χ1) is 14.6. The molecule has 0 bridgehead atoms. The molecule has 2 N–H and O–H groups in total. The molecule has 1 heterocycles. The Balaban J connectivity index is 1.57. The number of piperidine rings is 1. The van der Waals surface area contributed by atoms with E-state index in [0.717, 1.165) is 57.4 Å². The lowest BCUT2D eigenvalue weighted by molar-refractivity contribution is -0.919. The van der Waals surface area contributed by atoms with Gasteiger partial charge in [-0.25, -0.2) is 0 Å². The molecule has 1 fully saturated rings. The molecule has 162 valence electrons. The normalized spacial score (nSPS) is 18.7. The van der Waals surface area contributed by atoms with Crippen LogP contribution in [0.1, 0.15) is 43.7 Å². The van der Waals surface area contributed by atoms with Gasteiger partial charge in [0.2, 0.25) is 5.91 Å². The highest BCUT2D eigenvalue weighted by molar-refractivity contribution is 5.79. The maximum Gasteiger partial charge on any atom is 0.226 e. The molecule has 0 unspecified atom stereocenters. The van der Waals surface area contributed by atoms with E-state index < -0.39 is 0 Å². The number of nitrogens with one attached hydrogen (secondary N) is 1. The van der Waals surface area contributed by atoms with Gasteiger partial charge in [0.05, 0.1) is 25.8 Å². The summed E-state index contributed by atoms with van der Waals surface area (Å²) < 4.78 is 5.22. The van der Waals surface area contributed by atoms with E-state index in [4.69, 9.17) is 4.74 Å². The number of hydrogen-bond acceptors (Lipinski definition) is 3. The summed E-state index contributed by atoms with van der Waals surface area (Å²) >= 11 is 0. The minimum absolute atomic E-state index is 0.105. The number of methoxy groups -OCH3 is 1. The van der Waals surface area contributed by atoms with E-state index in [-0.39, 0.29) is 11.7 Å². The molecular weight excluding hydrogens is 376 g/mol. The van der Waals surface area contributed by atoms with Crippen LogP contribution in [0.2, 0.25) is 0 Å². The molecule has 1 amide bonds. The lowest BCUT2D eigenvalue weighted by atomic mass is 9.94. The van der Waals surface area contributed by atoms with Crippen molar-refractivity contribution in [2.45, 2.75) is 45.7 Å². The summed E-state index contributed by atoms with van der Waals surface area (Å²) in [5.41, 5.74) is 2.10. The number of rotatable bonds is 9. The standard InChI is InChI=1S/C25H34N2O3/c1-3-4-15-27(18-20-9-6-5-7-10-20)25(29)21-13-16-26(17-14-21)19-22-11-8-12-23(30-2)24(22)28/h5-12,21,28H,3-4,13-19H2,1-2H3/p+1. The second-order valence-corrected chi connectivity index (χ2v) is 8.27. The van der Waals surface area contributed by atoms with Crippen LogP contribution in [0.25, 0.3) is 0 Å². The van der Waals surface area contributed by atoms with E-state index in [1.807, 2.05) is 30.3 Å². The van der Waals surface area contributed by atoms with Crippen molar-refractivity contribution in [3.63, 3.8) is 0 Å². The number of nitrogens with zero attached hydrogens (tertiary/aromatic N) is 1. The van der Waals surface area contributed by atoms with E-state index in [1.165, 1.54) is 10.5 Å². The number of phenols is 1. The Labute approximate surface area is 180 Å². The van der Waals surface area contributed by atoms with Crippen molar-refractivity contribution >= 4 is 5.91 Å². The van der Waals surface area contributed by atoms with Crippen molar-refractivity contribution in [1.29, 1.82) is 0 Å². The zero-order chi connectivity index (χ0) is 21.3. The van der Waals surface area contributed by atoms with Crippen LogP contribution in [-0.4, -0.2) is 42.7 Å². The van der Waals surface area contributed by atoms with Crippen LogP contribution in [0.3, 0.4) is 0 Å². The van der Waals surface area contributed by atoms with Gasteiger partial charge in [-0.3, -0.25) is 4.79 Å². The summed E-state index contributed by atoms with van der Waals surface area (Å²) in [7, 11) is 1.57. The van der Waals surface area contributed by atoms with Crippen LogP contribution in [0, 0.1) is 5.92 Å². The Morgan fingerprint density at radius 3 is 2.53 bits per heavy atom. The number of likely N-dealkylation sites (tertiary alicyclic amines) is 1. The Bertz CT molecular complexity index is 801. The maximum absolute atomic E-state index is 13.3. The third kappa shape index (κ3) is 5.76. The topological polar surface area (TPSA) is 54.2 Å². The summed E-state index contributed by atoms with van der Waals surface area (Å²) in [6.07, 6.45) is 3.93. The van der Waals surface area contributed by atoms with Crippen molar-refractivity contribution in [1.82, 2.24) is 4.90 Å². The van der Waals surface area contributed by atoms with Crippen molar-refractivity contribution in [3.05, 3.63) is 59.7 Å². The minimum Gasteiger partial charge on any atom is -0.504 e. The number of phenolic OH excluding ortho intramolecular Hbond substituents is 1. The number of para-hydroxylation sites is 1. The maximum atomic E-state index is 13.3. The van der Waals surface area contributed by atoms with Gasteiger partial charge in [-0.1, -0.05) is 49.7 Å². The Morgan fingerprint density at radius 1 is 1.13 bits per heavy atom. The monoisotopic (exact) mass is 411 g/mol. The molecule has 5 nitrogen and oxygen atoms in total. The van der Waals surface area contributed by atoms with Crippen molar-refractivity contribution in [2.75, 3.05) is 26.7 Å². The lowest BCUT2D eigenvalue weighted by Crippen LogP contribution is -3.11. The molecule has 2 aromatic carbocycles. The number of benzene rings is 2. The Kier molecular flexibility index (Phi) is 8.14. The molecule has 0 aliphatic carbocycles. The third-order valence-electron chi connectivity index (χ3n) is 6.09. The highest BCUT2D eigenvalue weighted by Gasteiger charge is 2.31. The minimum atomic E-state index is 0.105. The number of amides is 1. The molecule has 0 radical (unpaired) electrons. The first-order valence-electron chi connectivity index (χ1n) is 11.1. The number of unbranched alkanes of at least 4 members (excludes halogenated alkanes) is 1. The molecule has 30 heavy (non-hydrogen) atoms. The summed E-state index contributed by atoms with van der Waals surface area (Å²) in [6, 6.07) is 15.9. The van der Waals surface area contributed by atoms with Gasteiger partial charge in [-0.15, -0.1) is 0 Å². The summed E-state index contributed by atoms with van der Waals surface area (Å²) in [5.74, 6) is 1.16. The summed E-state index contributed by atoms with van der Waals surface area (Å²) in [5, 5.41) is 10.4. The molecule has 0 spiro atoms. The highest BCUT2D eigenvalue weighted by atomic mass is 16.5. The molecule has 1 aliphatic heterocycles. The zero-order valence-electron chi connectivity index (χ0n) is 18.3. The fourth-order valence-electron chi connectivity index (χ4n) is 4.27. The van der Waals surface area contributed by atoms with Crippen molar-refractivity contribution in [2.24, 2.45) is 5.92 Å². The number of quaternary nitrogens is 1. The highest BCUT2D eigenvalue weighted by Crippen LogP contribution is 2.29. The Hall–Kier alpha value is -2.53. The number of carbonyl (C=O) groups is 1. The number of aromatic hydroxyl groups is 1. The smallest absolute Gasteiger partial charge is 0.226 e. The van der Waals surface area contributed by atoms with E-state index >= 15 is 0 Å². The quantitative estimate of drug-likeness (QED) is 0.667. The van der Waals surface area contributed by atoms with Crippen LogP contribution < -0.4 is 9.64 Å². The van der Waals surface area contributed by atoms with Crippen LogP contribution in [0.4, 0.5) is 0 Å². The fraction of sp³-hybridized carbons (Fsp3) is 0.480. The van der Waals surface area contributed by atoms with Gasteiger partial charge < -0.3 is 19.6 Å². The number of ether oxygens (including phenoxy) is 1. The molecule has 5 heteroatoms. The lowest BCUT2D eigenvalue weighted by Gasteiger charge is -2.32. The molecule has 0 saturated carbocycles. The van der Waals surface area contributed by atoms with Crippen LogP contribution in [-0.2, 0) is 17.9 Å². The molecular formula is C25H35N2O3+. The van der Waals surface area contributed by atoms with E-state index in [2.05, 4.69) is 24.0 Å². The summed E-state index contributed by atoms with van der Waals surface area (Å²) in [6.45, 7) is 6.34. The second kappa shape index (κ2) is 11.0. The molecule has 0 atom stereocenters. The number of carbonyl (C=O) groups excluding carboxylic acids is 1. The van der Waals surface area contributed by atoms with Gasteiger partial charge >= 0.3 is 0 Å². The van der Waals surface area contributed by atoms with E-state index in [0.29, 0.717) is 18.2 Å². The van der Waals surface area contributed by atoms with Gasteiger partial charge in [-0.2, -0.15) is 0 Å². The van der Waals surface area contributed by atoms with Gasteiger partial charge in [0.1, 0.15) is 6.54 Å². The average Bonchev–Trinajstić information content (AvgIpc) is 2.79. The first-order valence-corrected chi connectivity index (χ1v) is 11.1. The third-order valence-corrected chi connectivity index (χ3v) is 6.09. The van der Waals surface area contributed by atoms with Gasteiger partial charge in [0.15, 0.2) is 11.5 Å². The van der Waals surface area contributed by atoms with Crippen molar-refractivity contribution in [3.8, 4) is 11.5 Å². The predicted octanol–water partition coefficient (Wildman–Crippen LogP) is 3.02. The molecule has 1 aliphatic rings. The van der Waals surface area contributed by atoms with Crippen LogP contribution in [0.15, 0.2) is 48.5 Å². The summed E-state index contributed by atoms with van der Waals surface area (Å²) in [4.78, 5) is 16.7. The van der Waals surface area contributed by atoms with E-state index in [9.17, 15) is 9.90 Å². The zero-order valence-corrected chi connectivity index (χ0v) is 18.3. The fourth-order valence-corrected chi connectivity index (χ4v) is 4.27. The van der Waals surface area contributed by atoms with Gasteiger partial charge in [0.25, 0.3) is 0 Å². The van der Waals surface area contributed by atoms with Crippen LogP contribution in [0.5, 0.6) is 11.5 Å². The Morgan fingerprint density at radius 2 is 1.87 bits per heavy atom. The number of hydrogen-bond donors (Lipinski definition) is 2. The first kappa shape index (κ1) is 22.2. The predicted molar refractivity (Wildman–Crippen MR) is 119 cm³/mol. The second-order valence-electron chi connectivity index (χ2n) is 8.27. The largest absolute Gasteiger partial charge is 0.504 e. The molecule has 0 aromatic heterocycles. The molecule has 3 rings (SSSR count). The van der Waals surface area contributed by atoms with Gasteiger partial charge in [0, 0.05) is 31.8 Å². The van der Waals surface area contributed by atoms with Gasteiger partial charge in [-0.05, 0) is 24.1 Å². The molecule has 1 saturated heterocycles.